The second-order valence-corrected chi connectivity index (χ2v) is 3.91. The molecule has 12 heavy (non-hydrogen) atoms. The van der Waals surface area contributed by atoms with E-state index < -0.39 is 5.60 Å². The van der Waals surface area contributed by atoms with Gasteiger partial charge >= 0.3 is 0 Å². The Morgan fingerprint density at radius 1 is 1.42 bits per heavy atom. The molecule has 1 aromatic rings. The summed E-state index contributed by atoms with van der Waals surface area (Å²) < 4.78 is 0. The lowest BCUT2D eigenvalue weighted by Crippen LogP contribution is -2.24. The molecule has 0 unspecified atom stereocenters. The van der Waals surface area contributed by atoms with Gasteiger partial charge in [0.25, 0.3) is 0 Å². The minimum atomic E-state index is -0.614. The summed E-state index contributed by atoms with van der Waals surface area (Å²) in [5.74, 6) is 0.342. The highest BCUT2D eigenvalue weighted by molar-refractivity contribution is 5.37. The van der Waals surface area contributed by atoms with Gasteiger partial charge in [0.1, 0.15) is 0 Å². The maximum absolute atomic E-state index is 10.1. The Bertz CT molecular complexity index is 302. The van der Waals surface area contributed by atoms with Crippen molar-refractivity contribution in [2.75, 3.05) is 0 Å². The topological polar surface area (TPSA) is 20.2 Å². The highest BCUT2D eigenvalue weighted by Gasteiger charge is 2.37. The summed E-state index contributed by atoms with van der Waals surface area (Å²) in [5, 5.41) is 10.1. The van der Waals surface area contributed by atoms with Gasteiger partial charge in [-0.15, -0.1) is 0 Å². The fraction of sp³-hybridized carbons (Fsp3) is 0.455. The molecular weight excluding hydrogens is 148 g/mol. The van der Waals surface area contributed by atoms with Gasteiger partial charge in [0, 0.05) is 0 Å². The third kappa shape index (κ3) is 0.896. The zero-order valence-electron chi connectivity index (χ0n) is 7.54. The van der Waals surface area contributed by atoms with Gasteiger partial charge in [0.15, 0.2) is 0 Å². The van der Waals surface area contributed by atoms with Crippen LogP contribution in [0.2, 0.25) is 0 Å². The number of hydrogen-bond donors (Lipinski definition) is 1. The molecule has 1 heteroatoms. The number of hydrogen-bond acceptors (Lipinski definition) is 1. The van der Waals surface area contributed by atoms with Crippen molar-refractivity contribution < 1.29 is 5.11 Å². The predicted octanol–water partition coefficient (Wildman–Crippen LogP) is 2.09. The normalized spacial score (nSPS) is 33.4. The van der Waals surface area contributed by atoms with Crippen LogP contribution in [-0.4, -0.2) is 5.11 Å². The van der Waals surface area contributed by atoms with E-state index in [1.165, 1.54) is 5.56 Å². The molecule has 1 aliphatic rings. The Morgan fingerprint density at radius 3 is 2.75 bits per heavy atom. The summed E-state index contributed by atoms with van der Waals surface area (Å²) in [6.45, 7) is 4.00. The molecule has 0 aromatic heterocycles. The third-order valence-corrected chi connectivity index (χ3v) is 3.05. The molecule has 64 valence electrons. The van der Waals surface area contributed by atoms with Gasteiger partial charge in [-0.05, 0) is 30.4 Å². The molecule has 1 aliphatic carbocycles. The van der Waals surface area contributed by atoms with Crippen LogP contribution < -0.4 is 0 Å². The highest BCUT2D eigenvalue weighted by Crippen LogP contribution is 2.40. The molecule has 0 spiro atoms. The molecule has 0 bridgehead atoms. The summed E-state index contributed by atoms with van der Waals surface area (Å²) in [6.07, 6.45) is 1.00. The largest absolute Gasteiger partial charge is 0.385 e. The molecule has 0 amide bonds. The Morgan fingerprint density at radius 2 is 2.08 bits per heavy atom. The van der Waals surface area contributed by atoms with Gasteiger partial charge in [0.05, 0.1) is 5.60 Å². The van der Waals surface area contributed by atoms with Crippen molar-refractivity contribution in [3.05, 3.63) is 35.4 Å². The van der Waals surface area contributed by atoms with E-state index in [9.17, 15) is 5.11 Å². The van der Waals surface area contributed by atoms with Gasteiger partial charge in [-0.3, -0.25) is 0 Å². The van der Waals surface area contributed by atoms with E-state index in [4.69, 9.17) is 0 Å². The Hall–Kier alpha value is -0.820. The van der Waals surface area contributed by atoms with Crippen LogP contribution in [-0.2, 0) is 12.0 Å². The second-order valence-electron chi connectivity index (χ2n) is 3.91. The van der Waals surface area contributed by atoms with Gasteiger partial charge in [-0.25, -0.2) is 0 Å². The van der Waals surface area contributed by atoms with Gasteiger partial charge in [-0.1, -0.05) is 31.2 Å². The molecular formula is C11H14O. The maximum atomic E-state index is 10.1. The van der Waals surface area contributed by atoms with E-state index in [-0.39, 0.29) is 0 Å². The van der Waals surface area contributed by atoms with E-state index in [1.807, 2.05) is 25.1 Å². The van der Waals surface area contributed by atoms with Crippen molar-refractivity contribution in [2.24, 2.45) is 5.92 Å². The van der Waals surface area contributed by atoms with Crippen molar-refractivity contribution >= 4 is 0 Å². The molecule has 0 heterocycles. The van der Waals surface area contributed by atoms with Gasteiger partial charge in [0.2, 0.25) is 0 Å². The lowest BCUT2D eigenvalue weighted by Gasteiger charge is -2.23. The van der Waals surface area contributed by atoms with E-state index in [0.717, 1.165) is 12.0 Å². The lowest BCUT2D eigenvalue weighted by atomic mass is 9.91. The molecule has 1 N–H and O–H groups in total. The van der Waals surface area contributed by atoms with Crippen LogP contribution in [0.5, 0.6) is 0 Å². The molecule has 2 atom stereocenters. The van der Waals surface area contributed by atoms with Gasteiger partial charge < -0.3 is 5.11 Å². The molecule has 2 rings (SSSR count). The Labute approximate surface area is 73.0 Å². The molecule has 1 nitrogen and oxygen atoms in total. The number of rotatable bonds is 0. The number of fused-ring (bicyclic) bond motifs is 1. The fourth-order valence-corrected chi connectivity index (χ4v) is 1.99. The standard InChI is InChI=1S/C11H14O/c1-8-7-9-5-3-4-6-10(9)11(8,2)12/h3-6,8,12H,7H2,1-2H3/t8-,11+/m0/s1. The molecule has 0 fully saturated rings. The molecule has 0 saturated carbocycles. The first-order valence-electron chi connectivity index (χ1n) is 4.43. The third-order valence-electron chi connectivity index (χ3n) is 3.05. The summed E-state index contributed by atoms with van der Waals surface area (Å²) >= 11 is 0. The lowest BCUT2D eigenvalue weighted by molar-refractivity contribution is 0.0153. The highest BCUT2D eigenvalue weighted by atomic mass is 16.3. The summed E-state index contributed by atoms with van der Waals surface area (Å²) in [6, 6.07) is 8.16. The van der Waals surface area contributed by atoms with Gasteiger partial charge in [-0.2, -0.15) is 0 Å². The van der Waals surface area contributed by atoms with E-state index in [1.54, 1.807) is 0 Å². The smallest absolute Gasteiger partial charge is 0.0899 e. The fourth-order valence-electron chi connectivity index (χ4n) is 1.99. The van der Waals surface area contributed by atoms with E-state index in [0.29, 0.717) is 5.92 Å². The van der Waals surface area contributed by atoms with Crippen molar-refractivity contribution in [1.82, 2.24) is 0 Å². The van der Waals surface area contributed by atoms with Crippen LogP contribution in [0.15, 0.2) is 24.3 Å². The van der Waals surface area contributed by atoms with Crippen LogP contribution >= 0.6 is 0 Å². The van der Waals surface area contributed by atoms with Crippen LogP contribution in [0, 0.1) is 5.92 Å². The molecule has 1 aromatic carbocycles. The molecule has 0 saturated heterocycles. The number of benzene rings is 1. The predicted molar refractivity (Wildman–Crippen MR) is 48.9 cm³/mol. The first kappa shape index (κ1) is 7.81. The van der Waals surface area contributed by atoms with E-state index in [2.05, 4.69) is 13.0 Å². The van der Waals surface area contributed by atoms with Crippen LogP contribution in [0.4, 0.5) is 0 Å². The monoisotopic (exact) mass is 162 g/mol. The van der Waals surface area contributed by atoms with Crippen molar-refractivity contribution in [1.29, 1.82) is 0 Å². The Kier molecular flexibility index (Phi) is 1.52. The number of aliphatic hydroxyl groups is 1. The maximum Gasteiger partial charge on any atom is 0.0899 e. The van der Waals surface area contributed by atoms with E-state index >= 15 is 0 Å². The van der Waals surface area contributed by atoms with Crippen LogP contribution in [0.3, 0.4) is 0 Å². The molecule has 0 aliphatic heterocycles. The second kappa shape index (κ2) is 2.33. The summed E-state index contributed by atoms with van der Waals surface area (Å²) in [7, 11) is 0. The zero-order chi connectivity index (χ0) is 8.77. The van der Waals surface area contributed by atoms with Crippen LogP contribution in [0.25, 0.3) is 0 Å². The first-order chi connectivity index (χ1) is 5.62. The average Bonchev–Trinajstić information content (AvgIpc) is 2.25. The van der Waals surface area contributed by atoms with Crippen LogP contribution in [0.1, 0.15) is 25.0 Å². The first-order valence-corrected chi connectivity index (χ1v) is 4.43. The average molecular weight is 162 g/mol. The quantitative estimate of drug-likeness (QED) is 0.619. The Balaban J connectivity index is 2.55. The zero-order valence-corrected chi connectivity index (χ0v) is 7.54. The van der Waals surface area contributed by atoms with Crippen molar-refractivity contribution in [2.45, 2.75) is 25.9 Å². The summed E-state index contributed by atoms with van der Waals surface area (Å²) in [5.41, 5.74) is 1.80. The van der Waals surface area contributed by atoms with Crippen molar-refractivity contribution in [3.8, 4) is 0 Å². The summed E-state index contributed by atoms with van der Waals surface area (Å²) in [4.78, 5) is 0. The molecule has 0 radical (unpaired) electrons. The van der Waals surface area contributed by atoms with Crippen molar-refractivity contribution in [3.63, 3.8) is 0 Å². The minimum Gasteiger partial charge on any atom is -0.385 e. The SMILES string of the molecule is C[C@H]1Cc2ccccc2[C@]1(C)O. The minimum absolute atomic E-state index is 0.342.